The zero-order chi connectivity index (χ0) is 21.3. The van der Waals surface area contributed by atoms with Crippen LogP contribution in [-0.4, -0.2) is 27.8 Å². The standard InChI is InChI=1S/C22H20ClN3O2S2/c1-3-10-24-18(27)12-29-22-25-20-19(16-9-4-13(2)11-17(16)30-20)21(28)26(22)15-7-5-14(23)6-8-15/h1,5-8,13H,4,9-12H2,2H3,(H,24,27). The Hall–Kier alpha value is -2.27. The number of carbonyl (C=O) groups is 1. The van der Waals surface area contributed by atoms with Gasteiger partial charge in [0.05, 0.1) is 23.4 Å². The van der Waals surface area contributed by atoms with Gasteiger partial charge in [-0.25, -0.2) is 4.98 Å². The molecule has 1 unspecified atom stereocenters. The number of nitrogens with zero attached hydrogens (tertiary/aromatic N) is 2. The minimum atomic E-state index is -0.200. The van der Waals surface area contributed by atoms with Crippen molar-refractivity contribution in [2.24, 2.45) is 5.92 Å². The van der Waals surface area contributed by atoms with Crippen LogP contribution < -0.4 is 10.9 Å². The molecule has 30 heavy (non-hydrogen) atoms. The van der Waals surface area contributed by atoms with Crippen LogP contribution in [-0.2, 0) is 17.6 Å². The zero-order valence-corrected chi connectivity index (χ0v) is 18.8. The van der Waals surface area contributed by atoms with Crippen LogP contribution in [0.25, 0.3) is 15.9 Å². The molecule has 0 radical (unpaired) electrons. The molecule has 0 spiro atoms. The van der Waals surface area contributed by atoms with E-state index in [1.54, 1.807) is 40.2 Å². The number of halogens is 1. The minimum absolute atomic E-state index is 0.0964. The second-order valence-corrected chi connectivity index (χ2v) is 9.78. The lowest BCUT2D eigenvalue weighted by molar-refractivity contribution is -0.118. The summed E-state index contributed by atoms with van der Waals surface area (Å²) in [5, 5.41) is 4.42. The molecule has 1 aromatic carbocycles. The summed E-state index contributed by atoms with van der Waals surface area (Å²) in [6, 6.07) is 7.07. The highest BCUT2D eigenvalue weighted by Gasteiger charge is 2.25. The van der Waals surface area contributed by atoms with Gasteiger partial charge in [-0.1, -0.05) is 36.2 Å². The third kappa shape index (κ3) is 4.13. The zero-order valence-electron chi connectivity index (χ0n) is 16.4. The van der Waals surface area contributed by atoms with Gasteiger partial charge in [-0.05, 0) is 55.0 Å². The molecule has 1 amide bonds. The Bertz CT molecular complexity index is 1210. The highest BCUT2D eigenvalue weighted by atomic mass is 35.5. The number of terminal acetylenes is 1. The van der Waals surface area contributed by atoms with Crippen molar-refractivity contribution < 1.29 is 4.79 Å². The molecule has 0 bridgehead atoms. The van der Waals surface area contributed by atoms with Crippen LogP contribution in [0.2, 0.25) is 5.02 Å². The Balaban J connectivity index is 1.83. The van der Waals surface area contributed by atoms with Gasteiger partial charge in [-0.15, -0.1) is 17.8 Å². The van der Waals surface area contributed by atoms with E-state index in [0.29, 0.717) is 27.2 Å². The van der Waals surface area contributed by atoms with Crippen molar-refractivity contribution in [1.82, 2.24) is 14.9 Å². The number of carbonyl (C=O) groups excluding carboxylic acids is 1. The number of aryl methyl sites for hydroxylation is 1. The summed E-state index contributed by atoms with van der Waals surface area (Å²) in [5.74, 6) is 2.91. The smallest absolute Gasteiger partial charge is 0.267 e. The van der Waals surface area contributed by atoms with Crippen molar-refractivity contribution in [3.05, 3.63) is 50.1 Å². The first kappa shape index (κ1) is 21.0. The first-order valence-corrected chi connectivity index (χ1v) is 11.8. The van der Waals surface area contributed by atoms with Crippen molar-refractivity contribution >= 4 is 50.8 Å². The van der Waals surface area contributed by atoms with E-state index in [0.717, 1.165) is 29.7 Å². The van der Waals surface area contributed by atoms with E-state index in [9.17, 15) is 9.59 Å². The molecule has 5 nitrogen and oxygen atoms in total. The number of nitrogens with one attached hydrogen (secondary N) is 1. The van der Waals surface area contributed by atoms with E-state index in [1.165, 1.54) is 16.6 Å². The fourth-order valence-corrected chi connectivity index (χ4v) is 6.01. The van der Waals surface area contributed by atoms with Gasteiger partial charge in [0, 0.05) is 9.90 Å². The molecule has 2 heterocycles. The number of amides is 1. The van der Waals surface area contributed by atoms with Gasteiger partial charge in [0.25, 0.3) is 5.56 Å². The minimum Gasteiger partial charge on any atom is -0.344 e. The van der Waals surface area contributed by atoms with Crippen LogP contribution in [0.1, 0.15) is 23.8 Å². The van der Waals surface area contributed by atoms with E-state index >= 15 is 0 Å². The summed E-state index contributed by atoms with van der Waals surface area (Å²) in [6.07, 6.45) is 8.15. The summed E-state index contributed by atoms with van der Waals surface area (Å²) >= 11 is 8.87. The lowest BCUT2D eigenvalue weighted by Crippen LogP contribution is -2.27. The van der Waals surface area contributed by atoms with Gasteiger partial charge < -0.3 is 5.32 Å². The summed E-state index contributed by atoms with van der Waals surface area (Å²) in [7, 11) is 0. The van der Waals surface area contributed by atoms with Crippen molar-refractivity contribution in [2.75, 3.05) is 12.3 Å². The molecule has 4 rings (SSSR count). The topological polar surface area (TPSA) is 64.0 Å². The van der Waals surface area contributed by atoms with Crippen molar-refractivity contribution in [1.29, 1.82) is 0 Å². The lowest BCUT2D eigenvalue weighted by Gasteiger charge is -2.17. The molecule has 1 aliphatic carbocycles. The molecule has 2 aromatic heterocycles. The van der Waals surface area contributed by atoms with Gasteiger partial charge in [0.15, 0.2) is 5.16 Å². The maximum Gasteiger partial charge on any atom is 0.267 e. The number of benzene rings is 1. The monoisotopic (exact) mass is 457 g/mol. The van der Waals surface area contributed by atoms with Crippen LogP contribution in [0.4, 0.5) is 0 Å². The number of hydrogen-bond donors (Lipinski definition) is 1. The van der Waals surface area contributed by atoms with Crippen molar-refractivity contribution in [3.8, 4) is 18.0 Å². The predicted molar refractivity (Wildman–Crippen MR) is 124 cm³/mol. The lowest BCUT2D eigenvalue weighted by atomic mass is 9.89. The van der Waals surface area contributed by atoms with E-state index in [-0.39, 0.29) is 23.8 Å². The molecule has 1 aliphatic rings. The molecule has 1 N–H and O–H groups in total. The molecule has 0 saturated heterocycles. The molecule has 0 fully saturated rings. The number of fused-ring (bicyclic) bond motifs is 3. The van der Waals surface area contributed by atoms with Crippen LogP contribution in [0.15, 0.2) is 34.2 Å². The Morgan fingerprint density at radius 3 is 2.93 bits per heavy atom. The quantitative estimate of drug-likeness (QED) is 0.356. The van der Waals surface area contributed by atoms with Crippen molar-refractivity contribution in [2.45, 2.75) is 31.3 Å². The number of rotatable bonds is 5. The summed E-state index contributed by atoms with van der Waals surface area (Å²) in [4.78, 5) is 32.5. The average molecular weight is 458 g/mol. The fraction of sp³-hybridized carbons (Fsp3) is 0.318. The Kier molecular flexibility index (Phi) is 6.19. The SMILES string of the molecule is C#CCNC(=O)CSc1nc2sc3c(c2c(=O)n1-c1ccc(Cl)cc1)CCC(C)C3. The second-order valence-electron chi connectivity index (χ2n) is 7.31. The van der Waals surface area contributed by atoms with Crippen molar-refractivity contribution in [3.63, 3.8) is 0 Å². The third-order valence-corrected chi connectivity index (χ3v) is 7.44. The van der Waals surface area contributed by atoms with Crippen LogP contribution >= 0.6 is 34.7 Å². The summed E-state index contributed by atoms with van der Waals surface area (Å²) in [6.45, 7) is 2.41. The van der Waals surface area contributed by atoms with E-state index < -0.39 is 0 Å². The molecular weight excluding hydrogens is 438 g/mol. The molecule has 154 valence electrons. The number of thioether (sulfide) groups is 1. The van der Waals surface area contributed by atoms with E-state index in [2.05, 4.69) is 18.2 Å². The largest absolute Gasteiger partial charge is 0.344 e. The molecule has 0 aliphatic heterocycles. The van der Waals surface area contributed by atoms with Crippen LogP contribution in [0.5, 0.6) is 0 Å². The van der Waals surface area contributed by atoms with Crippen LogP contribution in [0, 0.1) is 18.3 Å². The fourth-order valence-electron chi connectivity index (χ4n) is 3.62. The molecule has 0 saturated carbocycles. The summed E-state index contributed by atoms with van der Waals surface area (Å²) in [5.41, 5.74) is 1.71. The van der Waals surface area contributed by atoms with Gasteiger partial charge in [0.1, 0.15) is 4.83 Å². The maximum atomic E-state index is 13.6. The Labute approximate surface area is 187 Å². The maximum absolute atomic E-state index is 13.6. The number of hydrogen-bond acceptors (Lipinski definition) is 5. The molecule has 8 heteroatoms. The predicted octanol–water partition coefficient (Wildman–Crippen LogP) is 4.07. The Morgan fingerprint density at radius 1 is 1.43 bits per heavy atom. The second kappa shape index (κ2) is 8.84. The van der Waals surface area contributed by atoms with Gasteiger partial charge in [0.2, 0.25) is 5.91 Å². The van der Waals surface area contributed by atoms with Gasteiger partial charge in [-0.2, -0.15) is 0 Å². The third-order valence-electron chi connectivity index (χ3n) is 5.10. The van der Waals surface area contributed by atoms with E-state index in [4.69, 9.17) is 23.0 Å². The number of thiophene rings is 1. The normalized spacial score (nSPS) is 15.6. The average Bonchev–Trinajstić information content (AvgIpc) is 3.09. The number of aromatic nitrogens is 2. The van der Waals surface area contributed by atoms with Gasteiger partial charge in [-0.3, -0.25) is 14.2 Å². The first-order chi connectivity index (χ1) is 14.5. The van der Waals surface area contributed by atoms with E-state index in [1.807, 2.05) is 0 Å². The van der Waals surface area contributed by atoms with Crippen LogP contribution in [0.3, 0.4) is 0 Å². The highest BCUT2D eigenvalue weighted by Crippen LogP contribution is 2.37. The molecular formula is C22H20ClN3O2S2. The molecule has 1 atom stereocenters. The Morgan fingerprint density at radius 2 is 2.20 bits per heavy atom. The van der Waals surface area contributed by atoms with Gasteiger partial charge >= 0.3 is 0 Å². The summed E-state index contributed by atoms with van der Waals surface area (Å²) < 4.78 is 1.59. The highest BCUT2D eigenvalue weighted by molar-refractivity contribution is 7.99. The first-order valence-electron chi connectivity index (χ1n) is 9.64. The molecule has 3 aromatic rings.